The van der Waals surface area contributed by atoms with Gasteiger partial charge in [-0.1, -0.05) is 42.0 Å². The van der Waals surface area contributed by atoms with Crippen LogP contribution in [0.4, 0.5) is 0 Å². The lowest BCUT2D eigenvalue weighted by Crippen LogP contribution is -2.76. The number of fused-ring (bicyclic) bond motifs is 1. The van der Waals surface area contributed by atoms with Crippen LogP contribution in [0.5, 0.6) is 0 Å². The van der Waals surface area contributed by atoms with Gasteiger partial charge in [0.15, 0.2) is 0 Å². The number of ether oxygens (including phenoxy) is 1. The van der Waals surface area contributed by atoms with E-state index in [2.05, 4.69) is 60.1 Å². The van der Waals surface area contributed by atoms with Crippen molar-refractivity contribution in [2.45, 2.75) is 94.9 Å². The first-order valence-electron chi connectivity index (χ1n) is 13.0. The molecule has 2 aliphatic heterocycles. The van der Waals surface area contributed by atoms with Gasteiger partial charge in [-0.15, -0.1) is 0 Å². The molecule has 3 N–H and O–H groups in total. The minimum Gasteiger partial charge on any atom is -0.390 e. The van der Waals surface area contributed by atoms with Gasteiger partial charge in [0, 0.05) is 38.2 Å². The summed E-state index contributed by atoms with van der Waals surface area (Å²) in [7, 11) is 1.58. The summed E-state index contributed by atoms with van der Waals surface area (Å²) in [5.74, 6) is -0.529. The summed E-state index contributed by atoms with van der Waals surface area (Å²) in [6.07, 6.45) is 4.69. The summed E-state index contributed by atoms with van der Waals surface area (Å²) in [5.41, 5.74) is 0.293. The lowest BCUT2D eigenvalue weighted by Gasteiger charge is -2.62. The molecule has 190 valence electrons. The molecule has 34 heavy (non-hydrogen) atoms. The van der Waals surface area contributed by atoms with Gasteiger partial charge >= 0.3 is 0 Å². The second-order valence-electron chi connectivity index (χ2n) is 11.3. The van der Waals surface area contributed by atoms with E-state index in [0.717, 1.165) is 38.9 Å². The Hall–Kier alpha value is -1.28. The first-order valence-corrected chi connectivity index (χ1v) is 13.0. The minimum absolute atomic E-state index is 0.138. The number of β-amino-alcohol motifs (C(OH)–C–C–N with tert-alkyl or cyclic N) is 1. The van der Waals surface area contributed by atoms with E-state index in [4.69, 9.17) is 4.74 Å². The summed E-state index contributed by atoms with van der Waals surface area (Å²) >= 11 is 0. The van der Waals surface area contributed by atoms with Crippen LogP contribution >= 0.6 is 0 Å². The van der Waals surface area contributed by atoms with Crippen LogP contribution in [0.25, 0.3) is 0 Å². The van der Waals surface area contributed by atoms with Gasteiger partial charge < -0.3 is 20.1 Å². The molecule has 0 amide bonds. The maximum atomic E-state index is 12.0. The lowest BCUT2D eigenvalue weighted by atomic mass is 9.59. The van der Waals surface area contributed by atoms with Gasteiger partial charge in [0.1, 0.15) is 0 Å². The van der Waals surface area contributed by atoms with Crippen molar-refractivity contribution in [1.82, 2.24) is 9.80 Å². The van der Waals surface area contributed by atoms with E-state index >= 15 is 0 Å². The molecule has 1 aromatic rings. The summed E-state index contributed by atoms with van der Waals surface area (Å²) < 4.78 is 5.69. The lowest BCUT2D eigenvalue weighted by molar-refractivity contribution is -0.271. The quantitative estimate of drug-likeness (QED) is 0.553. The normalized spacial score (nSPS) is 37.9. The van der Waals surface area contributed by atoms with Crippen molar-refractivity contribution in [3.63, 3.8) is 0 Å². The summed E-state index contributed by atoms with van der Waals surface area (Å²) in [5, 5.41) is 34.6. The van der Waals surface area contributed by atoms with Gasteiger partial charge in [-0.2, -0.15) is 0 Å². The maximum absolute atomic E-state index is 12.0. The van der Waals surface area contributed by atoms with Crippen LogP contribution in [0.3, 0.4) is 0 Å². The molecule has 2 heterocycles. The number of rotatable bonds is 6. The van der Waals surface area contributed by atoms with Crippen LogP contribution in [-0.2, 0) is 11.3 Å². The zero-order chi connectivity index (χ0) is 24.5. The van der Waals surface area contributed by atoms with E-state index in [1.54, 1.807) is 7.11 Å². The SMILES string of the molecule is CO[C@@H]1[C@H](O)CC[C@]2(O)CN(C3CCN(Cc4ccccc4)CC3)[C@@H](CC=C(C)C)[C@](C)(O)[C@@H]12. The topological polar surface area (TPSA) is 76.4 Å². The zero-order valence-corrected chi connectivity index (χ0v) is 21.4. The second-order valence-corrected chi connectivity index (χ2v) is 11.3. The standard InChI is InChI=1S/C28H44N2O4/c1-20(2)10-11-24-27(3,32)26-25(34-4)23(31)12-15-28(26,33)19-30(24)22-13-16-29(17-14-22)18-21-8-6-5-7-9-21/h5-10,22-26,31-33H,11-19H2,1-4H3/t23-,24+,25-,26-,27+,28+/m1/s1. The number of aliphatic hydroxyl groups is 3. The summed E-state index contributed by atoms with van der Waals surface area (Å²) in [4.78, 5) is 4.91. The highest BCUT2D eigenvalue weighted by Crippen LogP contribution is 2.50. The molecule has 6 nitrogen and oxygen atoms in total. The molecule has 0 unspecified atom stereocenters. The van der Waals surface area contributed by atoms with Crippen molar-refractivity contribution in [2.75, 3.05) is 26.7 Å². The van der Waals surface area contributed by atoms with E-state index in [9.17, 15) is 15.3 Å². The summed E-state index contributed by atoms with van der Waals surface area (Å²) in [6.45, 7) is 9.53. The molecule has 2 saturated heterocycles. The predicted octanol–water partition coefficient (Wildman–Crippen LogP) is 2.96. The van der Waals surface area contributed by atoms with Crippen molar-refractivity contribution >= 4 is 0 Å². The monoisotopic (exact) mass is 472 g/mol. The molecule has 3 fully saturated rings. The number of methoxy groups -OCH3 is 1. The van der Waals surface area contributed by atoms with E-state index in [1.165, 1.54) is 11.1 Å². The Kier molecular flexibility index (Phi) is 7.87. The number of likely N-dealkylation sites (tertiary alicyclic amines) is 2. The average molecular weight is 473 g/mol. The molecule has 0 bridgehead atoms. The third kappa shape index (κ3) is 5.13. The molecule has 4 rings (SSSR count). The van der Waals surface area contributed by atoms with Crippen LogP contribution < -0.4 is 0 Å². The Labute approximate surface area is 205 Å². The van der Waals surface area contributed by atoms with Crippen molar-refractivity contribution in [3.8, 4) is 0 Å². The molecule has 1 aliphatic carbocycles. The van der Waals surface area contributed by atoms with Crippen LogP contribution in [-0.4, -0.2) is 87.4 Å². The largest absolute Gasteiger partial charge is 0.390 e. The molecular weight excluding hydrogens is 428 g/mol. The van der Waals surface area contributed by atoms with Gasteiger partial charge in [-0.25, -0.2) is 0 Å². The molecular formula is C28H44N2O4. The number of allylic oxidation sites excluding steroid dienone is 1. The van der Waals surface area contributed by atoms with Crippen LogP contribution in [0, 0.1) is 5.92 Å². The van der Waals surface area contributed by atoms with Gasteiger partial charge in [0.05, 0.1) is 23.4 Å². The van der Waals surface area contributed by atoms with Gasteiger partial charge in [0.25, 0.3) is 0 Å². The van der Waals surface area contributed by atoms with Gasteiger partial charge in [-0.3, -0.25) is 9.80 Å². The molecule has 1 saturated carbocycles. The highest BCUT2D eigenvalue weighted by Gasteiger charge is 2.63. The Bertz CT molecular complexity index is 832. The zero-order valence-electron chi connectivity index (χ0n) is 21.4. The summed E-state index contributed by atoms with van der Waals surface area (Å²) in [6, 6.07) is 10.8. The van der Waals surface area contributed by atoms with Crippen molar-refractivity contribution in [1.29, 1.82) is 0 Å². The molecule has 6 heteroatoms. The Balaban J connectivity index is 1.55. The molecule has 1 aromatic carbocycles. The third-order valence-corrected chi connectivity index (χ3v) is 8.62. The van der Waals surface area contributed by atoms with Crippen molar-refractivity contribution in [3.05, 3.63) is 47.5 Å². The maximum Gasteiger partial charge on any atom is 0.0914 e. The molecule has 0 spiro atoms. The minimum atomic E-state index is -1.19. The number of aliphatic hydroxyl groups excluding tert-OH is 1. The van der Waals surface area contributed by atoms with Crippen molar-refractivity contribution in [2.24, 2.45) is 5.92 Å². The predicted molar refractivity (Wildman–Crippen MR) is 134 cm³/mol. The molecule has 0 radical (unpaired) electrons. The number of benzene rings is 1. The fourth-order valence-corrected chi connectivity index (χ4v) is 6.92. The number of hydrogen-bond donors (Lipinski definition) is 3. The highest BCUT2D eigenvalue weighted by atomic mass is 16.5. The molecule has 6 atom stereocenters. The van der Waals surface area contributed by atoms with Gasteiger partial charge in [0.2, 0.25) is 0 Å². The Morgan fingerprint density at radius 1 is 1.12 bits per heavy atom. The number of nitrogens with zero attached hydrogens (tertiary/aromatic N) is 2. The first kappa shape index (κ1) is 25.8. The number of hydrogen-bond acceptors (Lipinski definition) is 6. The van der Waals surface area contributed by atoms with Crippen molar-refractivity contribution < 1.29 is 20.1 Å². The Morgan fingerprint density at radius 2 is 1.79 bits per heavy atom. The smallest absolute Gasteiger partial charge is 0.0914 e. The molecule has 0 aromatic heterocycles. The van der Waals surface area contributed by atoms with Crippen LogP contribution in [0.1, 0.15) is 58.4 Å². The highest BCUT2D eigenvalue weighted by molar-refractivity contribution is 5.18. The first-order chi connectivity index (χ1) is 16.2. The Morgan fingerprint density at radius 3 is 2.41 bits per heavy atom. The van der Waals surface area contributed by atoms with Crippen LogP contribution in [0.15, 0.2) is 42.0 Å². The molecule has 3 aliphatic rings. The number of piperidine rings is 2. The van der Waals surface area contributed by atoms with Crippen LogP contribution in [0.2, 0.25) is 0 Å². The fraction of sp³-hybridized carbons (Fsp3) is 0.714. The fourth-order valence-electron chi connectivity index (χ4n) is 6.92. The van der Waals surface area contributed by atoms with E-state index in [-0.39, 0.29) is 6.04 Å². The van der Waals surface area contributed by atoms with E-state index < -0.39 is 29.3 Å². The van der Waals surface area contributed by atoms with E-state index in [0.29, 0.717) is 25.4 Å². The second kappa shape index (κ2) is 10.4. The third-order valence-electron chi connectivity index (χ3n) is 8.62. The average Bonchev–Trinajstić information content (AvgIpc) is 2.80. The van der Waals surface area contributed by atoms with Gasteiger partial charge in [-0.05, 0) is 71.5 Å². The van der Waals surface area contributed by atoms with E-state index in [1.807, 2.05) is 6.92 Å².